The molecule has 0 saturated carbocycles. The summed E-state index contributed by atoms with van der Waals surface area (Å²) in [4.78, 5) is 8.77. The Labute approximate surface area is 122 Å². The van der Waals surface area contributed by atoms with E-state index in [0.717, 1.165) is 22.2 Å². The van der Waals surface area contributed by atoms with E-state index in [1.54, 1.807) is 0 Å². The van der Waals surface area contributed by atoms with E-state index in [9.17, 15) is 0 Å². The van der Waals surface area contributed by atoms with Gasteiger partial charge in [0.25, 0.3) is 0 Å². The van der Waals surface area contributed by atoms with Crippen LogP contribution in [-0.2, 0) is 12.5 Å². The van der Waals surface area contributed by atoms with Crippen LogP contribution in [-0.4, -0.2) is 9.97 Å². The smallest absolute Gasteiger partial charge is 0.166 e. The van der Waals surface area contributed by atoms with E-state index in [2.05, 4.69) is 9.97 Å². The zero-order valence-electron chi connectivity index (χ0n) is 10.8. The summed E-state index contributed by atoms with van der Waals surface area (Å²) < 4.78 is 5.67. The summed E-state index contributed by atoms with van der Waals surface area (Å²) in [5, 5.41) is 1.03. The van der Waals surface area contributed by atoms with Crippen LogP contribution in [0.4, 0.5) is 0 Å². The first-order chi connectivity index (χ1) is 9.85. The molecule has 0 bridgehead atoms. The lowest BCUT2D eigenvalue weighted by Crippen LogP contribution is -2.01. The van der Waals surface area contributed by atoms with Crippen LogP contribution in [0.2, 0.25) is 0 Å². The second kappa shape index (κ2) is 5.88. The summed E-state index contributed by atoms with van der Waals surface area (Å²) in [6.07, 6.45) is 1.82. The van der Waals surface area contributed by atoms with Gasteiger partial charge in [0.1, 0.15) is 12.4 Å². The van der Waals surface area contributed by atoms with Crippen LogP contribution >= 0.6 is 11.6 Å². The van der Waals surface area contributed by atoms with E-state index < -0.39 is 0 Å². The molecule has 0 aliphatic rings. The maximum Gasteiger partial charge on any atom is 0.166 e. The molecule has 0 fully saturated rings. The monoisotopic (exact) mass is 284 g/mol. The van der Waals surface area contributed by atoms with Crippen molar-refractivity contribution in [3.8, 4) is 5.75 Å². The number of fused-ring (bicyclic) bond motifs is 1. The maximum atomic E-state index is 5.75. The van der Waals surface area contributed by atoms with Crippen LogP contribution in [0.15, 0.2) is 54.7 Å². The molecule has 3 nitrogen and oxygen atoms in total. The van der Waals surface area contributed by atoms with Gasteiger partial charge in [0.2, 0.25) is 0 Å². The molecule has 100 valence electrons. The zero-order valence-corrected chi connectivity index (χ0v) is 11.5. The van der Waals surface area contributed by atoms with Crippen LogP contribution in [0.5, 0.6) is 5.75 Å². The number of hydrogen-bond donors (Lipinski definition) is 0. The van der Waals surface area contributed by atoms with Crippen LogP contribution in [0.3, 0.4) is 0 Å². The number of nitrogens with zero attached hydrogens (tertiary/aromatic N) is 2. The average Bonchev–Trinajstić information content (AvgIpc) is 2.53. The fourth-order valence-electron chi connectivity index (χ4n) is 1.90. The Hall–Kier alpha value is -2.13. The molecule has 0 radical (unpaired) electrons. The number of alkyl halides is 1. The van der Waals surface area contributed by atoms with Crippen LogP contribution < -0.4 is 4.74 Å². The maximum absolute atomic E-state index is 5.75. The summed E-state index contributed by atoms with van der Waals surface area (Å²) in [6, 6.07) is 15.6. The predicted molar refractivity (Wildman–Crippen MR) is 79.9 cm³/mol. The molecular formula is C16H13ClN2O. The van der Waals surface area contributed by atoms with Crippen molar-refractivity contribution in [1.29, 1.82) is 0 Å². The van der Waals surface area contributed by atoms with Crippen molar-refractivity contribution in [2.45, 2.75) is 12.5 Å². The van der Waals surface area contributed by atoms with Crippen molar-refractivity contribution in [1.82, 2.24) is 9.97 Å². The van der Waals surface area contributed by atoms with Crippen LogP contribution in [0, 0.1) is 0 Å². The molecule has 0 atom stereocenters. The first kappa shape index (κ1) is 12.9. The van der Waals surface area contributed by atoms with E-state index in [1.807, 2.05) is 54.7 Å². The molecule has 2 aromatic carbocycles. The van der Waals surface area contributed by atoms with E-state index in [1.165, 1.54) is 0 Å². The Morgan fingerprint density at radius 2 is 1.80 bits per heavy atom. The van der Waals surface area contributed by atoms with Gasteiger partial charge in [0.15, 0.2) is 5.82 Å². The van der Waals surface area contributed by atoms with Gasteiger partial charge in [0.05, 0.1) is 5.52 Å². The largest absolute Gasteiger partial charge is 0.486 e. The SMILES string of the molecule is ClCc1ccc(OCc2ncc3ccccc3n2)cc1. The number of para-hydroxylation sites is 1. The number of benzene rings is 2. The summed E-state index contributed by atoms with van der Waals surface area (Å²) in [5.74, 6) is 1.97. The highest BCUT2D eigenvalue weighted by Crippen LogP contribution is 2.15. The van der Waals surface area contributed by atoms with Gasteiger partial charge in [0, 0.05) is 17.5 Å². The summed E-state index contributed by atoms with van der Waals surface area (Å²) in [6.45, 7) is 0.352. The zero-order chi connectivity index (χ0) is 13.8. The lowest BCUT2D eigenvalue weighted by Gasteiger charge is -2.06. The van der Waals surface area contributed by atoms with Crippen molar-refractivity contribution < 1.29 is 4.74 Å². The molecule has 20 heavy (non-hydrogen) atoms. The van der Waals surface area contributed by atoms with Crippen molar-refractivity contribution in [2.24, 2.45) is 0 Å². The lowest BCUT2D eigenvalue weighted by molar-refractivity contribution is 0.296. The minimum absolute atomic E-state index is 0.352. The summed E-state index contributed by atoms with van der Waals surface area (Å²) >= 11 is 5.75. The minimum atomic E-state index is 0.352. The van der Waals surface area contributed by atoms with E-state index in [-0.39, 0.29) is 0 Å². The Kier molecular flexibility index (Phi) is 3.79. The molecule has 0 amide bonds. The van der Waals surface area contributed by atoms with Gasteiger partial charge in [-0.3, -0.25) is 0 Å². The second-order valence-electron chi connectivity index (χ2n) is 4.41. The Morgan fingerprint density at radius 1 is 1.00 bits per heavy atom. The van der Waals surface area contributed by atoms with E-state index in [0.29, 0.717) is 18.3 Å². The molecular weight excluding hydrogens is 272 g/mol. The van der Waals surface area contributed by atoms with Gasteiger partial charge in [-0.1, -0.05) is 30.3 Å². The molecule has 0 spiro atoms. The highest BCUT2D eigenvalue weighted by Gasteiger charge is 2.01. The molecule has 1 heterocycles. The number of halogens is 1. The Morgan fingerprint density at radius 3 is 2.60 bits per heavy atom. The van der Waals surface area contributed by atoms with Crippen LogP contribution in [0.1, 0.15) is 11.4 Å². The van der Waals surface area contributed by atoms with Gasteiger partial charge in [-0.05, 0) is 23.8 Å². The number of hydrogen-bond acceptors (Lipinski definition) is 3. The fraction of sp³-hybridized carbons (Fsp3) is 0.125. The first-order valence-electron chi connectivity index (χ1n) is 6.33. The molecule has 4 heteroatoms. The van der Waals surface area contributed by atoms with Gasteiger partial charge in [-0.15, -0.1) is 11.6 Å². The second-order valence-corrected chi connectivity index (χ2v) is 4.68. The number of ether oxygens (including phenoxy) is 1. The van der Waals surface area contributed by atoms with Crippen molar-refractivity contribution >= 4 is 22.5 Å². The molecule has 0 unspecified atom stereocenters. The highest BCUT2D eigenvalue weighted by molar-refractivity contribution is 6.17. The van der Waals surface area contributed by atoms with Crippen molar-refractivity contribution in [3.05, 3.63) is 66.1 Å². The normalized spacial score (nSPS) is 10.7. The molecule has 3 aromatic rings. The molecule has 0 saturated heterocycles. The Balaban J connectivity index is 1.72. The predicted octanol–water partition coefficient (Wildman–Crippen LogP) is 3.95. The van der Waals surface area contributed by atoms with E-state index in [4.69, 9.17) is 16.3 Å². The lowest BCUT2D eigenvalue weighted by atomic mass is 10.2. The summed E-state index contributed by atoms with van der Waals surface area (Å²) in [7, 11) is 0. The van der Waals surface area contributed by atoms with Gasteiger partial charge in [-0.25, -0.2) is 9.97 Å². The van der Waals surface area contributed by atoms with Gasteiger partial charge in [-0.2, -0.15) is 0 Å². The first-order valence-corrected chi connectivity index (χ1v) is 6.87. The van der Waals surface area contributed by atoms with Gasteiger partial charge >= 0.3 is 0 Å². The quantitative estimate of drug-likeness (QED) is 0.681. The number of rotatable bonds is 4. The third-order valence-corrected chi connectivity index (χ3v) is 3.29. The topological polar surface area (TPSA) is 35.0 Å². The highest BCUT2D eigenvalue weighted by atomic mass is 35.5. The molecule has 1 aromatic heterocycles. The molecule has 0 aliphatic carbocycles. The summed E-state index contributed by atoms with van der Waals surface area (Å²) in [5.41, 5.74) is 2.00. The fourth-order valence-corrected chi connectivity index (χ4v) is 2.08. The van der Waals surface area contributed by atoms with Crippen LogP contribution in [0.25, 0.3) is 10.9 Å². The van der Waals surface area contributed by atoms with Gasteiger partial charge < -0.3 is 4.74 Å². The van der Waals surface area contributed by atoms with Crippen molar-refractivity contribution in [2.75, 3.05) is 0 Å². The third kappa shape index (κ3) is 2.89. The minimum Gasteiger partial charge on any atom is -0.486 e. The van der Waals surface area contributed by atoms with E-state index >= 15 is 0 Å². The molecule has 0 N–H and O–H groups in total. The third-order valence-electron chi connectivity index (χ3n) is 2.98. The average molecular weight is 285 g/mol. The van der Waals surface area contributed by atoms with Crippen molar-refractivity contribution in [3.63, 3.8) is 0 Å². The standard InChI is InChI=1S/C16H13ClN2O/c17-9-12-5-7-14(8-6-12)20-11-16-18-10-13-3-1-2-4-15(13)19-16/h1-8,10H,9,11H2. The Bertz CT molecular complexity index is 713. The molecule has 0 aliphatic heterocycles. The number of aromatic nitrogens is 2. The molecule has 3 rings (SSSR count).